The third-order valence-electron chi connectivity index (χ3n) is 2.35. The van der Waals surface area contributed by atoms with Crippen molar-refractivity contribution in [2.45, 2.75) is 32.6 Å². The average Bonchev–Trinajstić information content (AvgIpc) is 2.39. The van der Waals surface area contributed by atoms with E-state index in [1.165, 1.54) is 24.3 Å². The number of unbranched alkanes of at least 4 members (excludes halogenated alkanes) is 3. The molecule has 100 valence electrons. The molecule has 19 heavy (non-hydrogen) atoms. The van der Waals surface area contributed by atoms with Gasteiger partial charge in [0, 0.05) is 24.5 Å². The summed E-state index contributed by atoms with van der Waals surface area (Å²) in [6.45, 7) is 2.09. The first-order valence-corrected chi connectivity index (χ1v) is 6.08. The Balaban J connectivity index is 2.46. The molecule has 0 saturated carbocycles. The second kappa shape index (κ2) is 7.88. The largest absolute Gasteiger partial charge is 0.417 e. The number of hydrogen-bond acceptors (Lipinski definition) is 4. The van der Waals surface area contributed by atoms with Gasteiger partial charge in [0.2, 0.25) is 0 Å². The zero-order valence-corrected chi connectivity index (χ0v) is 10.7. The summed E-state index contributed by atoms with van der Waals surface area (Å²) in [5.74, 6) is 4.72. The second-order valence-corrected chi connectivity index (χ2v) is 3.90. The van der Waals surface area contributed by atoms with Gasteiger partial charge in [0.1, 0.15) is 5.75 Å². The summed E-state index contributed by atoms with van der Waals surface area (Å²) in [5.41, 5.74) is -0.0505. The number of nitro groups is 1. The Morgan fingerprint density at radius 3 is 2.58 bits per heavy atom. The predicted octanol–water partition coefficient (Wildman–Crippen LogP) is 3.08. The van der Waals surface area contributed by atoms with E-state index in [1.807, 2.05) is 0 Å². The molecule has 5 heteroatoms. The van der Waals surface area contributed by atoms with Crippen LogP contribution in [0, 0.1) is 22.0 Å². The Hall–Kier alpha value is -2.35. The fourth-order valence-electron chi connectivity index (χ4n) is 1.37. The molecule has 0 bridgehead atoms. The molecule has 0 aromatic heterocycles. The summed E-state index contributed by atoms with van der Waals surface area (Å²) in [4.78, 5) is 21.3. The lowest BCUT2D eigenvalue weighted by atomic mass is 10.2. The summed E-state index contributed by atoms with van der Waals surface area (Å²) < 4.78 is 4.92. The van der Waals surface area contributed by atoms with E-state index >= 15 is 0 Å². The molecule has 0 N–H and O–H groups in total. The van der Waals surface area contributed by atoms with Gasteiger partial charge in [0.05, 0.1) is 4.92 Å². The summed E-state index contributed by atoms with van der Waals surface area (Å²) in [7, 11) is 0. The molecule has 0 aliphatic rings. The third-order valence-corrected chi connectivity index (χ3v) is 2.35. The Morgan fingerprint density at radius 1 is 1.32 bits per heavy atom. The van der Waals surface area contributed by atoms with Crippen LogP contribution in [0.15, 0.2) is 24.3 Å². The minimum absolute atomic E-state index is 0.0505. The van der Waals surface area contributed by atoms with Gasteiger partial charge in [0.25, 0.3) is 5.69 Å². The normalized spacial score (nSPS) is 9.32. The fraction of sp³-hybridized carbons (Fsp3) is 0.357. The second-order valence-electron chi connectivity index (χ2n) is 3.90. The molecule has 5 nitrogen and oxygen atoms in total. The molecule has 0 fully saturated rings. The van der Waals surface area contributed by atoms with Crippen molar-refractivity contribution in [1.29, 1.82) is 0 Å². The van der Waals surface area contributed by atoms with Crippen molar-refractivity contribution in [1.82, 2.24) is 0 Å². The molecule has 0 spiro atoms. The highest BCUT2D eigenvalue weighted by Gasteiger charge is 2.06. The molecule has 0 radical (unpaired) electrons. The first kappa shape index (κ1) is 14.7. The molecule has 0 atom stereocenters. The molecule has 0 unspecified atom stereocenters. The minimum atomic E-state index is -0.648. The van der Waals surface area contributed by atoms with Gasteiger partial charge in [-0.15, -0.1) is 0 Å². The number of nitrogens with zero attached hydrogens (tertiary/aromatic N) is 1. The lowest BCUT2D eigenvalue weighted by molar-refractivity contribution is -0.384. The maximum absolute atomic E-state index is 11.3. The predicted molar refractivity (Wildman–Crippen MR) is 70.6 cm³/mol. The number of carbonyl (C=O) groups is 1. The lowest BCUT2D eigenvalue weighted by Gasteiger charge is -1.98. The van der Waals surface area contributed by atoms with Gasteiger partial charge in [0.15, 0.2) is 0 Å². The van der Waals surface area contributed by atoms with Crippen LogP contribution in [0.25, 0.3) is 0 Å². The van der Waals surface area contributed by atoms with Gasteiger partial charge in [-0.3, -0.25) is 10.1 Å². The van der Waals surface area contributed by atoms with E-state index < -0.39 is 10.9 Å². The van der Waals surface area contributed by atoms with E-state index in [0.29, 0.717) is 6.42 Å². The molecule has 0 saturated heterocycles. The number of rotatable bonds is 5. The highest BCUT2D eigenvalue weighted by molar-refractivity contribution is 5.90. The molecule has 1 aromatic rings. The van der Waals surface area contributed by atoms with E-state index in [-0.39, 0.29) is 11.4 Å². The van der Waals surface area contributed by atoms with Crippen LogP contribution in [0.4, 0.5) is 5.69 Å². The molecule has 0 heterocycles. The summed E-state index contributed by atoms with van der Waals surface area (Å²) in [6.07, 6.45) is 3.83. The summed E-state index contributed by atoms with van der Waals surface area (Å²) in [5, 5.41) is 10.4. The van der Waals surface area contributed by atoms with E-state index in [4.69, 9.17) is 4.74 Å². The average molecular weight is 261 g/mol. The molecule has 0 aliphatic carbocycles. The monoisotopic (exact) mass is 261 g/mol. The van der Waals surface area contributed by atoms with E-state index in [0.717, 1.165) is 19.3 Å². The van der Waals surface area contributed by atoms with Crippen LogP contribution in [0.2, 0.25) is 0 Å². The Labute approximate surface area is 111 Å². The highest BCUT2D eigenvalue weighted by atomic mass is 16.6. The third kappa shape index (κ3) is 5.68. The van der Waals surface area contributed by atoms with Crippen molar-refractivity contribution in [2.24, 2.45) is 0 Å². The number of ether oxygens (including phenoxy) is 1. The van der Waals surface area contributed by atoms with Crippen LogP contribution in [0.3, 0.4) is 0 Å². The summed E-state index contributed by atoms with van der Waals surface area (Å²) >= 11 is 0. The first-order chi connectivity index (χ1) is 9.13. The Bertz CT molecular complexity index is 496. The number of benzene rings is 1. The van der Waals surface area contributed by atoms with E-state index in [9.17, 15) is 14.9 Å². The number of non-ortho nitro benzene ring substituents is 1. The van der Waals surface area contributed by atoms with Crippen LogP contribution in [-0.4, -0.2) is 10.9 Å². The zero-order chi connectivity index (χ0) is 14.1. The van der Waals surface area contributed by atoms with Gasteiger partial charge in [-0.2, -0.15) is 0 Å². The van der Waals surface area contributed by atoms with Crippen molar-refractivity contribution in [2.75, 3.05) is 0 Å². The van der Waals surface area contributed by atoms with Gasteiger partial charge < -0.3 is 4.74 Å². The van der Waals surface area contributed by atoms with Crippen molar-refractivity contribution in [3.63, 3.8) is 0 Å². The maximum Gasteiger partial charge on any atom is 0.389 e. The lowest BCUT2D eigenvalue weighted by Crippen LogP contribution is -2.04. The van der Waals surface area contributed by atoms with Gasteiger partial charge >= 0.3 is 5.97 Å². The molecular weight excluding hydrogens is 246 g/mol. The van der Waals surface area contributed by atoms with Crippen LogP contribution in [0.5, 0.6) is 5.75 Å². The van der Waals surface area contributed by atoms with Gasteiger partial charge in [-0.25, -0.2) is 4.79 Å². The van der Waals surface area contributed by atoms with Gasteiger partial charge in [-0.05, 0) is 18.6 Å². The quantitative estimate of drug-likeness (QED) is 0.155. The SMILES string of the molecule is CCCCCC#CC(=O)Oc1ccc([N+](=O)[O-])cc1. The number of esters is 1. The molecule has 1 rings (SSSR count). The van der Waals surface area contributed by atoms with Crippen molar-refractivity contribution < 1.29 is 14.5 Å². The molecule has 0 amide bonds. The Morgan fingerprint density at radius 2 is 2.00 bits per heavy atom. The van der Waals surface area contributed by atoms with Crippen molar-refractivity contribution in [3.05, 3.63) is 34.4 Å². The zero-order valence-electron chi connectivity index (χ0n) is 10.7. The van der Waals surface area contributed by atoms with E-state index in [1.54, 1.807) is 0 Å². The smallest absolute Gasteiger partial charge is 0.389 e. The topological polar surface area (TPSA) is 69.4 Å². The molecular formula is C14H15NO4. The fourth-order valence-corrected chi connectivity index (χ4v) is 1.37. The van der Waals surface area contributed by atoms with Crippen LogP contribution < -0.4 is 4.74 Å². The minimum Gasteiger partial charge on any atom is -0.417 e. The number of carbonyl (C=O) groups excluding carboxylic acids is 1. The van der Waals surface area contributed by atoms with Crippen LogP contribution >= 0.6 is 0 Å². The van der Waals surface area contributed by atoms with Gasteiger partial charge in [-0.1, -0.05) is 25.7 Å². The van der Waals surface area contributed by atoms with Crippen LogP contribution in [-0.2, 0) is 4.79 Å². The number of hydrogen-bond donors (Lipinski definition) is 0. The summed E-state index contributed by atoms with van der Waals surface area (Å²) in [6, 6.07) is 5.29. The maximum atomic E-state index is 11.3. The van der Waals surface area contributed by atoms with Crippen LogP contribution in [0.1, 0.15) is 32.6 Å². The highest BCUT2D eigenvalue weighted by Crippen LogP contribution is 2.17. The standard InChI is InChI=1S/C14H15NO4/c1-2-3-4-5-6-7-14(16)19-13-10-8-12(9-11-13)15(17)18/h8-11H,2-5H2,1H3. The Kier molecular flexibility index (Phi) is 6.10. The molecule has 0 aliphatic heterocycles. The number of nitro benzene ring substituents is 1. The first-order valence-electron chi connectivity index (χ1n) is 6.08. The molecule has 1 aromatic carbocycles. The van der Waals surface area contributed by atoms with Crippen molar-refractivity contribution in [3.8, 4) is 17.6 Å². The van der Waals surface area contributed by atoms with Crippen molar-refractivity contribution >= 4 is 11.7 Å². The van der Waals surface area contributed by atoms with E-state index in [2.05, 4.69) is 18.8 Å².